The van der Waals surface area contributed by atoms with E-state index in [-0.39, 0.29) is 10.8 Å². The highest BCUT2D eigenvalue weighted by Crippen LogP contribution is 2.13. The van der Waals surface area contributed by atoms with E-state index in [1.54, 1.807) is 37.3 Å². The molecular weight excluding hydrogens is 360 g/mol. The van der Waals surface area contributed by atoms with Crippen molar-refractivity contribution in [1.29, 1.82) is 0 Å². The van der Waals surface area contributed by atoms with E-state index in [2.05, 4.69) is 5.32 Å². The maximum atomic E-state index is 12.1. The fraction of sp³-hybridized carbons (Fsp3) is 0.167. The molecule has 1 amide bonds. The molecular formula is C18H19ClN2O3S. The second kappa shape index (κ2) is 8.29. The number of rotatable bonds is 6. The molecule has 0 aliphatic carbocycles. The van der Waals surface area contributed by atoms with Crippen LogP contribution in [0.25, 0.3) is 6.08 Å². The van der Waals surface area contributed by atoms with Crippen LogP contribution >= 0.6 is 11.6 Å². The summed E-state index contributed by atoms with van der Waals surface area (Å²) in [7, 11) is -3.68. The maximum absolute atomic E-state index is 12.1. The van der Waals surface area contributed by atoms with Gasteiger partial charge in [0.2, 0.25) is 15.9 Å². The van der Waals surface area contributed by atoms with Gasteiger partial charge in [-0.3, -0.25) is 4.79 Å². The van der Waals surface area contributed by atoms with E-state index in [9.17, 15) is 13.2 Å². The number of sulfonamides is 1. The minimum Gasteiger partial charge on any atom is -0.352 e. The van der Waals surface area contributed by atoms with E-state index in [0.717, 1.165) is 11.1 Å². The van der Waals surface area contributed by atoms with Crippen LogP contribution in [0.2, 0.25) is 5.02 Å². The number of hydrogen-bond donors (Lipinski definition) is 2. The molecule has 0 unspecified atom stereocenters. The standard InChI is InChI=1S/C18H19ClN2O3S/c1-13(12-15-2-6-16(19)7-3-15)18(22)21-11-10-14-4-8-17(9-5-14)25(20,23)24/h2-9,12H,10-11H2,1H3,(H,21,22)(H2,20,23,24)/b13-12+. The van der Waals surface area contributed by atoms with Gasteiger partial charge in [0.25, 0.3) is 0 Å². The van der Waals surface area contributed by atoms with Crippen molar-refractivity contribution in [2.75, 3.05) is 6.54 Å². The zero-order valence-electron chi connectivity index (χ0n) is 13.7. The van der Waals surface area contributed by atoms with Crippen molar-refractivity contribution in [2.24, 2.45) is 5.14 Å². The minimum atomic E-state index is -3.68. The van der Waals surface area contributed by atoms with Gasteiger partial charge in [-0.2, -0.15) is 0 Å². The van der Waals surface area contributed by atoms with Crippen LogP contribution in [-0.4, -0.2) is 20.9 Å². The van der Waals surface area contributed by atoms with Crippen molar-refractivity contribution >= 4 is 33.6 Å². The molecule has 7 heteroatoms. The lowest BCUT2D eigenvalue weighted by atomic mass is 10.1. The van der Waals surface area contributed by atoms with E-state index in [4.69, 9.17) is 16.7 Å². The van der Waals surface area contributed by atoms with Crippen molar-refractivity contribution in [2.45, 2.75) is 18.2 Å². The van der Waals surface area contributed by atoms with Gasteiger partial charge in [-0.25, -0.2) is 13.6 Å². The van der Waals surface area contributed by atoms with Gasteiger partial charge in [-0.15, -0.1) is 0 Å². The summed E-state index contributed by atoms with van der Waals surface area (Å²) in [6.07, 6.45) is 2.37. The lowest BCUT2D eigenvalue weighted by molar-refractivity contribution is -0.117. The number of carbonyl (C=O) groups excluding carboxylic acids is 1. The Morgan fingerprint density at radius 2 is 1.72 bits per heavy atom. The zero-order chi connectivity index (χ0) is 18.4. The topological polar surface area (TPSA) is 89.3 Å². The molecule has 0 radical (unpaired) electrons. The molecule has 3 N–H and O–H groups in total. The molecule has 0 aliphatic rings. The maximum Gasteiger partial charge on any atom is 0.246 e. The van der Waals surface area contributed by atoms with Crippen LogP contribution in [0, 0.1) is 0 Å². The van der Waals surface area contributed by atoms with Crippen LogP contribution in [0.5, 0.6) is 0 Å². The van der Waals surface area contributed by atoms with Gasteiger partial charge < -0.3 is 5.32 Å². The first-order valence-electron chi connectivity index (χ1n) is 7.59. The summed E-state index contributed by atoms with van der Waals surface area (Å²) in [4.78, 5) is 12.2. The molecule has 132 valence electrons. The van der Waals surface area contributed by atoms with Gasteiger partial charge in [0.05, 0.1) is 4.90 Å². The predicted octanol–water partition coefficient (Wildman–Crippen LogP) is 2.75. The smallest absolute Gasteiger partial charge is 0.246 e. The Morgan fingerprint density at radius 3 is 2.28 bits per heavy atom. The fourth-order valence-corrected chi connectivity index (χ4v) is 2.82. The molecule has 0 atom stereocenters. The van der Waals surface area contributed by atoms with E-state index in [1.807, 2.05) is 12.1 Å². The number of carbonyl (C=O) groups is 1. The first-order chi connectivity index (χ1) is 11.8. The SMILES string of the molecule is C/C(=C\c1ccc(Cl)cc1)C(=O)NCCc1ccc(S(N)(=O)=O)cc1. The Labute approximate surface area is 152 Å². The van der Waals surface area contributed by atoms with Crippen molar-refractivity contribution in [3.8, 4) is 0 Å². The van der Waals surface area contributed by atoms with E-state index >= 15 is 0 Å². The summed E-state index contributed by atoms with van der Waals surface area (Å²) in [6, 6.07) is 13.5. The number of hydrogen-bond acceptors (Lipinski definition) is 3. The van der Waals surface area contributed by atoms with Gasteiger partial charge in [0.1, 0.15) is 0 Å². The molecule has 0 fully saturated rings. The normalized spacial score (nSPS) is 12.0. The third kappa shape index (κ3) is 6.01. The van der Waals surface area contributed by atoms with Gasteiger partial charge >= 0.3 is 0 Å². The molecule has 0 saturated heterocycles. The Balaban J connectivity index is 1.88. The molecule has 0 heterocycles. The van der Waals surface area contributed by atoms with Crippen LogP contribution in [0.1, 0.15) is 18.1 Å². The van der Waals surface area contributed by atoms with E-state index in [1.165, 1.54) is 12.1 Å². The third-order valence-electron chi connectivity index (χ3n) is 3.56. The first kappa shape index (κ1) is 19.2. The van der Waals surface area contributed by atoms with Crippen molar-refractivity contribution < 1.29 is 13.2 Å². The van der Waals surface area contributed by atoms with E-state index < -0.39 is 10.0 Å². The number of primary sulfonamides is 1. The van der Waals surface area contributed by atoms with Crippen molar-refractivity contribution in [3.63, 3.8) is 0 Å². The summed E-state index contributed by atoms with van der Waals surface area (Å²) >= 11 is 5.83. The molecule has 2 aromatic rings. The summed E-state index contributed by atoms with van der Waals surface area (Å²) in [5, 5.41) is 8.53. The van der Waals surface area contributed by atoms with Crippen LogP contribution in [0.4, 0.5) is 0 Å². The molecule has 0 aliphatic heterocycles. The fourth-order valence-electron chi connectivity index (χ4n) is 2.18. The molecule has 25 heavy (non-hydrogen) atoms. The highest BCUT2D eigenvalue weighted by molar-refractivity contribution is 7.89. The van der Waals surface area contributed by atoms with Crippen LogP contribution < -0.4 is 10.5 Å². The number of nitrogens with two attached hydrogens (primary N) is 1. The molecule has 0 aromatic heterocycles. The van der Waals surface area contributed by atoms with Crippen LogP contribution in [0.3, 0.4) is 0 Å². The van der Waals surface area contributed by atoms with Gasteiger partial charge in [-0.05, 0) is 54.8 Å². The molecule has 0 bridgehead atoms. The number of nitrogens with one attached hydrogen (secondary N) is 1. The monoisotopic (exact) mass is 378 g/mol. The van der Waals surface area contributed by atoms with Gasteiger partial charge in [-0.1, -0.05) is 35.9 Å². The average Bonchev–Trinajstić information content (AvgIpc) is 2.56. The lowest BCUT2D eigenvalue weighted by Gasteiger charge is -2.06. The first-order valence-corrected chi connectivity index (χ1v) is 9.52. The highest BCUT2D eigenvalue weighted by Gasteiger charge is 2.07. The zero-order valence-corrected chi connectivity index (χ0v) is 15.3. The van der Waals surface area contributed by atoms with Gasteiger partial charge in [0, 0.05) is 17.1 Å². The van der Waals surface area contributed by atoms with E-state index in [0.29, 0.717) is 23.6 Å². The Morgan fingerprint density at radius 1 is 1.12 bits per heavy atom. The second-order valence-electron chi connectivity index (χ2n) is 5.57. The number of benzene rings is 2. The Kier molecular flexibility index (Phi) is 6.36. The largest absolute Gasteiger partial charge is 0.352 e. The number of halogens is 1. The highest BCUT2D eigenvalue weighted by atomic mass is 35.5. The summed E-state index contributed by atoms with van der Waals surface area (Å²) < 4.78 is 22.4. The number of amides is 1. The lowest BCUT2D eigenvalue weighted by Crippen LogP contribution is -2.26. The summed E-state index contributed by atoms with van der Waals surface area (Å²) in [5.41, 5.74) is 2.40. The minimum absolute atomic E-state index is 0.0713. The quantitative estimate of drug-likeness (QED) is 0.757. The average molecular weight is 379 g/mol. The molecule has 5 nitrogen and oxygen atoms in total. The molecule has 0 saturated carbocycles. The van der Waals surface area contributed by atoms with Crippen LogP contribution in [-0.2, 0) is 21.2 Å². The summed E-state index contributed by atoms with van der Waals surface area (Å²) in [6.45, 7) is 2.18. The molecule has 0 spiro atoms. The summed E-state index contributed by atoms with van der Waals surface area (Å²) in [5.74, 6) is -0.156. The van der Waals surface area contributed by atoms with Crippen molar-refractivity contribution in [1.82, 2.24) is 5.32 Å². The Hall–Kier alpha value is -2.15. The second-order valence-corrected chi connectivity index (χ2v) is 7.57. The molecule has 2 rings (SSSR count). The van der Waals surface area contributed by atoms with Crippen LogP contribution in [0.15, 0.2) is 59.0 Å². The predicted molar refractivity (Wildman–Crippen MR) is 99.6 cm³/mol. The third-order valence-corrected chi connectivity index (χ3v) is 4.74. The van der Waals surface area contributed by atoms with Crippen molar-refractivity contribution in [3.05, 3.63) is 70.3 Å². The molecule has 2 aromatic carbocycles. The van der Waals surface area contributed by atoms with Gasteiger partial charge in [0.15, 0.2) is 0 Å². The Bertz CT molecular complexity index is 874.